The Labute approximate surface area is 155 Å². The first kappa shape index (κ1) is 18.7. The van der Waals surface area contributed by atoms with Crippen molar-refractivity contribution < 1.29 is 14.3 Å². The van der Waals surface area contributed by atoms with Crippen LogP contribution < -0.4 is 10.2 Å². The third kappa shape index (κ3) is 3.85. The molecule has 26 heavy (non-hydrogen) atoms. The number of aryl methyl sites for hydroxylation is 1. The summed E-state index contributed by atoms with van der Waals surface area (Å²) in [6, 6.07) is 6.23. The van der Waals surface area contributed by atoms with Crippen molar-refractivity contribution >= 4 is 17.7 Å². The largest absolute Gasteiger partial charge is 0.444 e. The molecule has 142 valence electrons. The molecule has 1 aliphatic carbocycles. The van der Waals surface area contributed by atoms with E-state index >= 15 is 0 Å². The summed E-state index contributed by atoms with van der Waals surface area (Å²) in [5.41, 5.74) is 3.02. The van der Waals surface area contributed by atoms with Crippen LogP contribution in [0.25, 0.3) is 0 Å². The molecule has 1 saturated heterocycles. The highest BCUT2D eigenvalue weighted by Gasteiger charge is 2.35. The minimum absolute atomic E-state index is 0.0713. The maximum Gasteiger partial charge on any atom is 0.408 e. The third-order valence-electron chi connectivity index (χ3n) is 5.00. The number of nitrogens with one attached hydrogen (secondary N) is 1. The number of rotatable bonds is 3. The second-order valence-corrected chi connectivity index (χ2v) is 8.38. The van der Waals surface area contributed by atoms with Crippen LogP contribution in [0, 0.1) is 0 Å². The number of benzene rings is 1. The fourth-order valence-electron chi connectivity index (χ4n) is 3.81. The van der Waals surface area contributed by atoms with E-state index in [2.05, 4.69) is 36.4 Å². The second-order valence-electron chi connectivity index (χ2n) is 8.38. The SMILES string of the molecule is CN(C)C1CCc2cc(N3CC[C@H](NC(=O)OC(C)(C)C)C3=O)ccc21. The standard InChI is InChI=1S/C20H29N3O3/c1-20(2,3)26-19(25)21-16-10-11-23(18(16)24)14-7-8-15-13(12-14)6-9-17(15)22(4)5/h7-8,12,16-17H,6,9-11H2,1-5H3,(H,21,25)/t16-,17?/m0/s1. The van der Waals surface area contributed by atoms with Crippen LogP contribution in [-0.2, 0) is 16.0 Å². The average molecular weight is 359 g/mol. The number of anilines is 1. The van der Waals surface area contributed by atoms with Crippen molar-refractivity contribution in [3.8, 4) is 0 Å². The summed E-state index contributed by atoms with van der Waals surface area (Å²) >= 11 is 0. The van der Waals surface area contributed by atoms with Crippen LogP contribution in [0.3, 0.4) is 0 Å². The molecular formula is C20H29N3O3. The summed E-state index contributed by atoms with van der Waals surface area (Å²) in [5.74, 6) is -0.0713. The highest BCUT2D eigenvalue weighted by atomic mass is 16.6. The Balaban J connectivity index is 1.68. The van der Waals surface area contributed by atoms with Crippen molar-refractivity contribution in [2.24, 2.45) is 0 Å². The summed E-state index contributed by atoms with van der Waals surface area (Å²) in [4.78, 5) is 28.7. The molecule has 1 aromatic rings. The van der Waals surface area contributed by atoms with Gasteiger partial charge in [-0.25, -0.2) is 4.79 Å². The lowest BCUT2D eigenvalue weighted by atomic mass is 10.1. The maximum absolute atomic E-state index is 12.7. The van der Waals surface area contributed by atoms with Gasteiger partial charge in [-0.2, -0.15) is 0 Å². The van der Waals surface area contributed by atoms with Gasteiger partial charge < -0.3 is 19.9 Å². The summed E-state index contributed by atoms with van der Waals surface area (Å²) in [5, 5.41) is 2.70. The normalized spacial score (nSPS) is 22.7. The molecule has 0 saturated carbocycles. The summed E-state index contributed by atoms with van der Waals surface area (Å²) < 4.78 is 5.26. The highest BCUT2D eigenvalue weighted by Crippen LogP contribution is 2.37. The van der Waals surface area contributed by atoms with Crippen molar-refractivity contribution in [3.63, 3.8) is 0 Å². The molecule has 1 N–H and O–H groups in total. The maximum atomic E-state index is 12.7. The molecule has 3 rings (SSSR count). The molecule has 1 aromatic carbocycles. The third-order valence-corrected chi connectivity index (χ3v) is 5.00. The zero-order valence-electron chi connectivity index (χ0n) is 16.3. The van der Waals surface area contributed by atoms with Gasteiger partial charge in [-0.1, -0.05) is 6.07 Å². The van der Waals surface area contributed by atoms with Crippen molar-refractivity contribution in [1.29, 1.82) is 0 Å². The summed E-state index contributed by atoms with van der Waals surface area (Å²) in [7, 11) is 4.20. The van der Waals surface area contributed by atoms with Gasteiger partial charge in [0.1, 0.15) is 11.6 Å². The van der Waals surface area contributed by atoms with Gasteiger partial charge in [-0.05, 0) is 77.4 Å². The van der Waals surface area contributed by atoms with E-state index in [9.17, 15) is 9.59 Å². The molecule has 2 atom stereocenters. The number of fused-ring (bicyclic) bond motifs is 1. The molecule has 0 radical (unpaired) electrons. The van der Waals surface area contributed by atoms with Crippen molar-refractivity contribution in [1.82, 2.24) is 10.2 Å². The van der Waals surface area contributed by atoms with Crippen LogP contribution >= 0.6 is 0 Å². The lowest BCUT2D eigenvalue weighted by molar-refractivity contribution is -0.118. The fraction of sp³-hybridized carbons (Fsp3) is 0.600. The number of hydrogen-bond acceptors (Lipinski definition) is 4. The molecule has 2 aliphatic rings. The monoisotopic (exact) mass is 359 g/mol. The van der Waals surface area contributed by atoms with Crippen LogP contribution in [0.5, 0.6) is 0 Å². The quantitative estimate of drug-likeness (QED) is 0.901. The van der Waals surface area contributed by atoms with E-state index in [0.29, 0.717) is 19.0 Å². The van der Waals surface area contributed by atoms with Gasteiger partial charge >= 0.3 is 6.09 Å². The number of alkyl carbamates (subject to hydrolysis) is 1. The Morgan fingerprint density at radius 1 is 1.27 bits per heavy atom. The molecule has 0 spiro atoms. The number of amides is 2. The zero-order valence-corrected chi connectivity index (χ0v) is 16.3. The number of nitrogens with zero attached hydrogens (tertiary/aromatic N) is 2. The Bertz CT molecular complexity index is 709. The predicted octanol–water partition coefficient (Wildman–Crippen LogP) is 2.87. The average Bonchev–Trinajstić information content (AvgIpc) is 3.09. The first-order chi connectivity index (χ1) is 12.2. The van der Waals surface area contributed by atoms with Gasteiger partial charge in [-0.3, -0.25) is 4.79 Å². The van der Waals surface area contributed by atoms with Crippen molar-refractivity contribution in [2.45, 2.75) is 57.7 Å². The van der Waals surface area contributed by atoms with Crippen LogP contribution in [0.15, 0.2) is 18.2 Å². The lowest BCUT2D eigenvalue weighted by Crippen LogP contribution is -2.43. The first-order valence-electron chi connectivity index (χ1n) is 9.26. The lowest BCUT2D eigenvalue weighted by Gasteiger charge is -2.22. The number of ether oxygens (including phenoxy) is 1. The molecule has 2 amide bonds. The molecule has 6 heteroatoms. The van der Waals surface area contributed by atoms with Gasteiger partial charge in [-0.15, -0.1) is 0 Å². The molecule has 1 unspecified atom stereocenters. The van der Waals surface area contributed by atoms with Gasteiger partial charge in [0.05, 0.1) is 0 Å². The summed E-state index contributed by atoms with van der Waals surface area (Å²) in [6.07, 6.45) is 2.20. The number of carbonyl (C=O) groups excluding carboxylic acids is 2. The topological polar surface area (TPSA) is 61.9 Å². The van der Waals surface area contributed by atoms with Crippen molar-refractivity contribution in [3.05, 3.63) is 29.3 Å². The second kappa shape index (κ2) is 6.91. The number of carbonyl (C=O) groups is 2. The molecular weight excluding hydrogens is 330 g/mol. The van der Waals surface area contributed by atoms with Crippen LogP contribution in [0.4, 0.5) is 10.5 Å². The van der Waals surface area contributed by atoms with Gasteiger partial charge in [0.25, 0.3) is 0 Å². The summed E-state index contributed by atoms with van der Waals surface area (Å²) in [6.45, 7) is 6.03. The van der Waals surface area contributed by atoms with E-state index in [1.165, 1.54) is 11.1 Å². The van der Waals surface area contributed by atoms with E-state index < -0.39 is 17.7 Å². The molecule has 0 aromatic heterocycles. The van der Waals surface area contributed by atoms with E-state index in [-0.39, 0.29) is 5.91 Å². The fourth-order valence-corrected chi connectivity index (χ4v) is 3.81. The van der Waals surface area contributed by atoms with E-state index in [1.807, 2.05) is 6.07 Å². The molecule has 6 nitrogen and oxygen atoms in total. The van der Waals surface area contributed by atoms with Gasteiger partial charge in [0.2, 0.25) is 5.91 Å². The zero-order chi connectivity index (χ0) is 19.1. The number of hydrogen-bond donors (Lipinski definition) is 1. The Morgan fingerprint density at radius 2 is 2.00 bits per heavy atom. The van der Waals surface area contributed by atoms with Gasteiger partial charge in [0.15, 0.2) is 0 Å². The molecule has 1 fully saturated rings. The van der Waals surface area contributed by atoms with Crippen LogP contribution in [0.2, 0.25) is 0 Å². The first-order valence-corrected chi connectivity index (χ1v) is 9.26. The van der Waals surface area contributed by atoms with E-state index in [4.69, 9.17) is 4.74 Å². The smallest absolute Gasteiger partial charge is 0.408 e. The minimum Gasteiger partial charge on any atom is -0.444 e. The Hall–Kier alpha value is -2.08. The Kier molecular flexibility index (Phi) is 4.97. The Morgan fingerprint density at radius 3 is 2.65 bits per heavy atom. The minimum atomic E-state index is -0.575. The van der Waals surface area contributed by atoms with E-state index in [0.717, 1.165) is 18.5 Å². The van der Waals surface area contributed by atoms with Gasteiger partial charge in [0, 0.05) is 18.3 Å². The molecule has 1 heterocycles. The van der Waals surface area contributed by atoms with Crippen molar-refractivity contribution in [2.75, 3.05) is 25.5 Å². The van der Waals surface area contributed by atoms with Crippen LogP contribution in [0.1, 0.15) is 50.8 Å². The van der Waals surface area contributed by atoms with Crippen LogP contribution in [-0.4, -0.2) is 49.2 Å². The molecule has 1 aliphatic heterocycles. The predicted molar refractivity (Wildman–Crippen MR) is 101 cm³/mol. The van der Waals surface area contributed by atoms with E-state index in [1.54, 1.807) is 25.7 Å². The highest BCUT2D eigenvalue weighted by molar-refractivity contribution is 6.01. The molecule has 0 bridgehead atoms.